The number of nitrogens with zero attached hydrogens (tertiary/aromatic N) is 6. The minimum Gasteiger partial charge on any atom is -0.496 e. The molecule has 0 aliphatic carbocycles. The first-order valence-electron chi connectivity index (χ1n) is 25.5. The first kappa shape index (κ1) is 56.9. The summed E-state index contributed by atoms with van der Waals surface area (Å²) in [4.78, 5) is 26.6. The molecule has 7 atom stereocenters. The van der Waals surface area contributed by atoms with Gasteiger partial charge in [-0.2, -0.15) is 0 Å². The van der Waals surface area contributed by atoms with Gasteiger partial charge in [0.15, 0.2) is 28.7 Å². The van der Waals surface area contributed by atoms with E-state index in [1.54, 1.807) is 26.6 Å². The molecule has 0 amide bonds. The number of hydrogen-bond donors (Lipinski definition) is 0. The van der Waals surface area contributed by atoms with Gasteiger partial charge in [0.05, 0.1) is 60.7 Å². The molecule has 0 saturated carbocycles. The molecule has 1 aliphatic heterocycles. The quantitative estimate of drug-likeness (QED) is 0.0463. The highest BCUT2D eigenvalue weighted by atomic mass is 28.4. The van der Waals surface area contributed by atoms with E-state index in [0.717, 1.165) is 21.9 Å². The molecule has 404 valence electrons. The number of carbonyl (C=O) groups excluding carboxylic acids is 2. The number of ether oxygens (including phenoxy) is 7. The molecule has 0 radical (unpaired) electrons. The molecule has 1 fully saturated rings. The van der Waals surface area contributed by atoms with Crippen molar-refractivity contribution < 1.29 is 51.6 Å². The Morgan fingerprint density at radius 1 is 0.627 bits per heavy atom. The van der Waals surface area contributed by atoms with Gasteiger partial charge in [-0.15, -0.1) is 10.2 Å². The Kier molecular flexibility index (Phi) is 18.2. The third kappa shape index (κ3) is 13.2. The molecule has 0 spiro atoms. The summed E-state index contributed by atoms with van der Waals surface area (Å²) in [5.74, 6) is 0.318. The molecule has 19 heteroatoms. The van der Waals surface area contributed by atoms with E-state index in [1.165, 1.54) is 23.6 Å². The normalized spacial score (nSPS) is 19.4. The van der Waals surface area contributed by atoms with Gasteiger partial charge in [0.25, 0.3) is 0 Å². The zero-order valence-electron chi connectivity index (χ0n) is 46.1. The fourth-order valence-corrected chi connectivity index (χ4v) is 11.0. The van der Waals surface area contributed by atoms with Crippen LogP contribution in [-0.4, -0.2) is 118 Å². The van der Waals surface area contributed by atoms with E-state index in [1.807, 2.05) is 91.0 Å². The summed E-state index contributed by atoms with van der Waals surface area (Å²) in [6.45, 7) is 22.0. The average molecular weight is 1070 g/mol. The summed E-state index contributed by atoms with van der Waals surface area (Å²) in [6, 6.07) is 27.7. The molecule has 4 aromatic carbocycles. The van der Waals surface area contributed by atoms with Crippen LogP contribution >= 0.6 is 0 Å². The van der Waals surface area contributed by atoms with Gasteiger partial charge in [-0.25, -0.2) is 19.0 Å². The number of rotatable bonds is 22. The van der Waals surface area contributed by atoms with Crippen molar-refractivity contribution in [1.82, 2.24) is 30.0 Å². The van der Waals surface area contributed by atoms with Crippen LogP contribution in [0, 0.1) is 0 Å². The number of methoxy groups -OCH3 is 4. The molecule has 1 saturated heterocycles. The molecule has 1 aliphatic rings. The van der Waals surface area contributed by atoms with E-state index in [4.69, 9.17) is 42.0 Å². The lowest BCUT2D eigenvalue weighted by atomic mass is 9.89. The van der Waals surface area contributed by atoms with Crippen LogP contribution < -0.4 is 9.47 Å². The fraction of sp³-hybridized carbons (Fsp3) is 0.500. The predicted octanol–water partition coefficient (Wildman–Crippen LogP) is 9.98. The van der Waals surface area contributed by atoms with Gasteiger partial charge >= 0.3 is 11.9 Å². The van der Waals surface area contributed by atoms with Gasteiger partial charge in [-0.1, -0.05) is 137 Å². The van der Waals surface area contributed by atoms with Crippen molar-refractivity contribution in [2.24, 2.45) is 0 Å². The van der Waals surface area contributed by atoms with Crippen molar-refractivity contribution in [2.45, 2.75) is 146 Å². The molecule has 17 nitrogen and oxygen atoms in total. The van der Waals surface area contributed by atoms with Gasteiger partial charge in [-0.05, 0) is 53.5 Å². The van der Waals surface area contributed by atoms with Crippen LogP contribution in [0.1, 0.15) is 87.8 Å². The monoisotopic (exact) mass is 1060 g/mol. The molecule has 0 unspecified atom stereocenters. The minimum atomic E-state index is -2.72. The molecule has 7 rings (SSSR count). The summed E-state index contributed by atoms with van der Waals surface area (Å²) in [5, 5.41) is 19.2. The van der Waals surface area contributed by atoms with E-state index in [-0.39, 0.29) is 29.9 Å². The molecule has 2 aromatic heterocycles. The Morgan fingerprint density at radius 2 is 1.11 bits per heavy atom. The van der Waals surface area contributed by atoms with Crippen LogP contribution in [0.2, 0.25) is 36.3 Å². The number of carbonyl (C=O) groups is 2. The Hall–Kier alpha value is -5.81. The highest BCUT2D eigenvalue weighted by molar-refractivity contribution is 6.74. The zero-order chi connectivity index (χ0) is 54.3. The second-order valence-corrected chi connectivity index (χ2v) is 31.7. The van der Waals surface area contributed by atoms with Crippen molar-refractivity contribution in [3.05, 3.63) is 131 Å². The maximum Gasteiger partial charge on any atom is 0.331 e. The summed E-state index contributed by atoms with van der Waals surface area (Å²) >= 11 is 0. The van der Waals surface area contributed by atoms with Gasteiger partial charge in [0.1, 0.15) is 53.4 Å². The minimum absolute atomic E-state index is 0.0508. The lowest BCUT2D eigenvalue weighted by molar-refractivity contribution is -0.256. The first-order chi connectivity index (χ1) is 35.6. The van der Waals surface area contributed by atoms with Crippen LogP contribution in [0.3, 0.4) is 0 Å². The number of hydrogen-bond acceptors (Lipinski definition) is 15. The highest BCUT2D eigenvalue weighted by Gasteiger charge is 2.54. The summed E-state index contributed by atoms with van der Waals surface area (Å²) in [7, 11) is 0.881. The molecule has 3 heterocycles. The Labute approximate surface area is 443 Å². The van der Waals surface area contributed by atoms with Crippen molar-refractivity contribution in [2.75, 3.05) is 35.0 Å². The van der Waals surface area contributed by atoms with Crippen LogP contribution in [0.15, 0.2) is 103 Å². The van der Waals surface area contributed by atoms with Crippen LogP contribution in [-0.2, 0) is 68.2 Å². The first-order valence-corrected chi connectivity index (χ1v) is 31.3. The maximum atomic E-state index is 13.3. The van der Waals surface area contributed by atoms with Crippen LogP contribution in [0.25, 0.3) is 10.8 Å². The van der Waals surface area contributed by atoms with Crippen LogP contribution in [0.5, 0.6) is 11.5 Å². The van der Waals surface area contributed by atoms with Crippen molar-refractivity contribution in [1.29, 1.82) is 0 Å². The highest BCUT2D eigenvalue weighted by Crippen LogP contribution is 2.49. The summed E-state index contributed by atoms with van der Waals surface area (Å²) < 4.78 is 62.5. The third-order valence-electron chi connectivity index (χ3n) is 15.1. The van der Waals surface area contributed by atoms with Gasteiger partial charge in [-0.3, -0.25) is 0 Å². The van der Waals surface area contributed by atoms with Crippen molar-refractivity contribution >= 4 is 39.3 Å². The predicted molar refractivity (Wildman–Crippen MR) is 289 cm³/mol. The lowest BCUT2D eigenvalue weighted by Gasteiger charge is -2.51. The SMILES string of the molecule is COC(=O)[C@H](Cc1ccccc1)n1cc(CO[C@@H]2[C@@H](O[Si](C)(C)C(C)(C)C)[C@H](c3cc(OC)c4ccccc4c3OC)O[C@H](CO[Si](C)(C)C(C)(C)C)[C@H]2OCc2cn([C@@H](Cc3ccccc3)C(=O)OC)nn2)nn1. The molecule has 0 bridgehead atoms. The Balaban J connectivity index is 1.36. The molecule has 6 aromatic rings. The number of benzene rings is 4. The second-order valence-electron chi connectivity index (χ2n) is 22.1. The molecule has 0 N–H and O–H groups in total. The average Bonchev–Trinajstić information content (AvgIpc) is 4.07. The smallest absolute Gasteiger partial charge is 0.331 e. The topological polar surface area (TPSA) is 179 Å². The zero-order valence-corrected chi connectivity index (χ0v) is 48.1. The van der Waals surface area contributed by atoms with Gasteiger partial charge in [0, 0.05) is 29.2 Å². The van der Waals surface area contributed by atoms with Gasteiger partial charge < -0.3 is 42.0 Å². The standard InChI is InChI=1S/C56H76N6O11Si2/c1-55(2,3)74(11,12)71-36-47-50(69-34-39-32-61(59-57-39)44(53(63)67-9)29-37-23-17-15-18-24-37)51(70-35-40-33-62(60-58-40)45(54(64)68-10)30-38-25-19-16-20-26-38)52(73-75(13,14)56(4,5)6)49(72-47)43-31-46(65-7)41-27-21-22-28-42(41)48(43)66-8/h15-28,31-33,44-45,47,49-52H,29-30,34-36H2,1-14H3/t44-,45-,47+,49-,50+,51-,52-/m0/s1. The summed E-state index contributed by atoms with van der Waals surface area (Å²) in [6.07, 6.45) is -0.0814. The fourth-order valence-electron chi connectivity index (χ4n) is 8.73. The van der Waals surface area contributed by atoms with Crippen LogP contribution in [0.4, 0.5) is 0 Å². The Morgan fingerprint density at radius 3 is 1.57 bits per heavy atom. The third-order valence-corrected chi connectivity index (χ3v) is 24.1. The number of aromatic nitrogens is 6. The maximum absolute atomic E-state index is 13.3. The Bertz CT molecular complexity index is 2830. The van der Waals surface area contributed by atoms with E-state index in [0.29, 0.717) is 41.3 Å². The number of esters is 2. The van der Waals surface area contributed by atoms with Crippen molar-refractivity contribution in [3.63, 3.8) is 0 Å². The lowest BCUT2D eigenvalue weighted by Crippen LogP contribution is -2.61. The molecule has 75 heavy (non-hydrogen) atoms. The number of fused-ring (bicyclic) bond motifs is 1. The second kappa shape index (κ2) is 24.0. The van der Waals surface area contributed by atoms with E-state index in [2.05, 4.69) is 88.4 Å². The van der Waals surface area contributed by atoms with Crippen molar-refractivity contribution in [3.8, 4) is 11.5 Å². The van der Waals surface area contributed by atoms with Gasteiger partial charge in [0.2, 0.25) is 0 Å². The summed E-state index contributed by atoms with van der Waals surface area (Å²) in [5.41, 5.74) is 3.48. The van der Waals surface area contributed by atoms with E-state index in [9.17, 15) is 9.59 Å². The van der Waals surface area contributed by atoms with E-state index >= 15 is 0 Å². The molecular formula is C56H76N6O11Si2. The van der Waals surface area contributed by atoms with E-state index < -0.39 is 71.2 Å². The molecular weight excluding hydrogens is 989 g/mol. The largest absolute Gasteiger partial charge is 0.496 e.